The number of hydrogen-bond donors (Lipinski definition) is 1. The van der Waals surface area contributed by atoms with Crippen molar-refractivity contribution >= 4 is 15.7 Å². The average molecular weight is 406 g/mol. The largest absolute Gasteiger partial charge is 0.435 e. The number of nitrogens with zero attached hydrogens (tertiary/aromatic N) is 3. The molecule has 0 bridgehead atoms. The zero-order chi connectivity index (χ0) is 20.5. The molecule has 0 aliphatic carbocycles. The highest BCUT2D eigenvalue weighted by Gasteiger charge is 2.35. The third kappa shape index (κ3) is 4.32. The fraction of sp³-hybridized carbons (Fsp3) is 0.111. The Bertz CT molecular complexity index is 1140. The third-order valence-corrected chi connectivity index (χ3v) is 4.33. The van der Waals surface area contributed by atoms with E-state index in [4.69, 9.17) is 5.26 Å². The van der Waals surface area contributed by atoms with Gasteiger partial charge in [0.1, 0.15) is 0 Å². The Labute approximate surface area is 158 Å². The lowest BCUT2D eigenvalue weighted by Gasteiger charge is -2.09. The van der Waals surface area contributed by atoms with Crippen LogP contribution in [0.5, 0.6) is 0 Å². The molecule has 144 valence electrons. The van der Waals surface area contributed by atoms with Crippen LogP contribution in [0, 0.1) is 11.3 Å². The molecule has 0 radical (unpaired) electrons. The van der Waals surface area contributed by atoms with Gasteiger partial charge >= 0.3 is 6.18 Å². The number of halogens is 3. The summed E-state index contributed by atoms with van der Waals surface area (Å²) < 4.78 is 65.5. The number of anilines is 1. The van der Waals surface area contributed by atoms with Crippen LogP contribution in [0.4, 0.5) is 18.9 Å². The van der Waals surface area contributed by atoms with Crippen LogP contribution in [-0.4, -0.2) is 24.5 Å². The minimum Gasteiger partial charge on any atom is -0.284 e. The molecule has 1 aromatic heterocycles. The summed E-state index contributed by atoms with van der Waals surface area (Å²) >= 11 is 0. The molecule has 0 unspecified atom stereocenters. The second kappa shape index (κ2) is 7.01. The molecule has 2 aromatic carbocycles. The molecule has 0 saturated carbocycles. The Morgan fingerprint density at radius 1 is 1.07 bits per heavy atom. The number of hydrogen-bond acceptors (Lipinski definition) is 4. The van der Waals surface area contributed by atoms with Crippen LogP contribution in [0.15, 0.2) is 54.6 Å². The number of rotatable bonds is 4. The fourth-order valence-corrected chi connectivity index (χ4v) is 3.09. The first-order valence-electron chi connectivity index (χ1n) is 7.83. The first kappa shape index (κ1) is 19.4. The van der Waals surface area contributed by atoms with E-state index in [1.54, 1.807) is 0 Å². The fourth-order valence-electron chi connectivity index (χ4n) is 2.52. The summed E-state index contributed by atoms with van der Waals surface area (Å²) in [7, 11) is -3.48. The highest BCUT2D eigenvalue weighted by atomic mass is 32.2. The molecular formula is C18H13F3N4O2S. The zero-order valence-corrected chi connectivity index (χ0v) is 15.2. The van der Waals surface area contributed by atoms with Crippen molar-refractivity contribution < 1.29 is 21.6 Å². The summed E-state index contributed by atoms with van der Waals surface area (Å²) in [5, 5.41) is 12.5. The normalized spacial score (nSPS) is 11.8. The summed E-state index contributed by atoms with van der Waals surface area (Å²) in [6, 6.07) is 14.7. The Morgan fingerprint density at radius 2 is 1.68 bits per heavy atom. The van der Waals surface area contributed by atoms with Crippen molar-refractivity contribution in [2.75, 3.05) is 11.0 Å². The lowest BCUT2D eigenvalue weighted by molar-refractivity contribution is -0.141. The van der Waals surface area contributed by atoms with Crippen LogP contribution in [0.1, 0.15) is 11.3 Å². The molecule has 0 spiro atoms. The average Bonchev–Trinajstić information content (AvgIpc) is 3.07. The minimum absolute atomic E-state index is 0.181. The third-order valence-electron chi connectivity index (χ3n) is 3.72. The van der Waals surface area contributed by atoms with Gasteiger partial charge in [0.15, 0.2) is 5.69 Å². The van der Waals surface area contributed by atoms with Crippen LogP contribution in [-0.2, 0) is 16.2 Å². The van der Waals surface area contributed by atoms with Crippen molar-refractivity contribution in [3.05, 3.63) is 65.9 Å². The first-order valence-corrected chi connectivity index (χ1v) is 9.72. The van der Waals surface area contributed by atoms with E-state index in [2.05, 4.69) is 9.82 Å². The van der Waals surface area contributed by atoms with Crippen LogP contribution >= 0.6 is 0 Å². The molecule has 0 fully saturated rings. The number of nitriles is 1. The van der Waals surface area contributed by atoms with Gasteiger partial charge < -0.3 is 0 Å². The standard InChI is InChI=1S/C18H13F3N4O2S/c1-28(26,27)24-14-6-8-15(9-7-14)25-16(10-17(23-25)18(19,20)21)13-4-2-12(11-22)3-5-13/h2-10,24H,1H3. The zero-order valence-electron chi connectivity index (χ0n) is 14.4. The summed E-state index contributed by atoms with van der Waals surface area (Å²) in [4.78, 5) is 0. The molecule has 0 saturated heterocycles. The molecule has 28 heavy (non-hydrogen) atoms. The SMILES string of the molecule is CS(=O)(=O)Nc1ccc(-n2nc(C(F)(F)F)cc2-c2ccc(C#N)cc2)cc1. The van der Waals surface area contributed by atoms with E-state index in [1.807, 2.05) is 6.07 Å². The maximum absolute atomic E-state index is 13.2. The van der Waals surface area contributed by atoms with Gasteiger partial charge in [-0.15, -0.1) is 0 Å². The van der Waals surface area contributed by atoms with Crippen molar-refractivity contribution in [1.82, 2.24) is 9.78 Å². The quantitative estimate of drug-likeness (QED) is 0.714. The second-order valence-corrected chi connectivity index (χ2v) is 7.68. The van der Waals surface area contributed by atoms with Gasteiger partial charge in [0.05, 0.1) is 29.3 Å². The topological polar surface area (TPSA) is 87.8 Å². The summed E-state index contributed by atoms with van der Waals surface area (Å²) in [5.74, 6) is 0. The van der Waals surface area contributed by atoms with Gasteiger partial charge in [-0.3, -0.25) is 4.72 Å². The molecule has 3 aromatic rings. The highest BCUT2D eigenvalue weighted by molar-refractivity contribution is 7.92. The van der Waals surface area contributed by atoms with Gasteiger partial charge in [-0.25, -0.2) is 13.1 Å². The van der Waals surface area contributed by atoms with E-state index in [-0.39, 0.29) is 11.4 Å². The van der Waals surface area contributed by atoms with Gasteiger partial charge in [0.25, 0.3) is 0 Å². The lowest BCUT2D eigenvalue weighted by Crippen LogP contribution is -2.10. The van der Waals surface area contributed by atoms with E-state index in [1.165, 1.54) is 48.5 Å². The van der Waals surface area contributed by atoms with E-state index >= 15 is 0 Å². The monoisotopic (exact) mass is 406 g/mol. The Balaban J connectivity index is 2.08. The maximum atomic E-state index is 13.2. The van der Waals surface area contributed by atoms with Crippen LogP contribution in [0.25, 0.3) is 16.9 Å². The summed E-state index contributed by atoms with van der Waals surface area (Å²) in [6.45, 7) is 0. The predicted octanol–water partition coefficient (Wildman–Crippen LogP) is 3.80. The highest BCUT2D eigenvalue weighted by Crippen LogP contribution is 2.33. The molecule has 0 aliphatic heterocycles. The number of benzene rings is 2. The van der Waals surface area contributed by atoms with Crippen molar-refractivity contribution in [2.24, 2.45) is 0 Å². The molecule has 6 nitrogen and oxygen atoms in total. The molecule has 0 amide bonds. The lowest BCUT2D eigenvalue weighted by atomic mass is 10.1. The molecular weight excluding hydrogens is 393 g/mol. The first-order chi connectivity index (χ1) is 13.1. The number of alkyl halides is 3. The number of sulfonamides is 1. The Hall–Kier alpha value is -3.32. The molecule has 0 atom stereocenters. The van der Waals surface area contributed by atoms with Gasteiger partial charge in [-0.1, -0.05) is 12.1 Å². The minimum atomic E-state index is -4.63. The molecule has 3 rings (SSSR count). The van der Waals surface area contributed by atoms with Crippen LogP contribution < -0.4 is 4.72 Å². The Kier molecular flexibility index (Phi) is 4.87. The van der Waals surface area contributed by atoms with E-state index in [9.17, 15) is 21.6 Å². The van der Waals surface area contributed by atoms with Crippen LogP contribution in [0.3, 0.4) is 0 Å². The van der Waals surface area contributed by atoms with E-state index < -0.39 is 21.9 Å². The number of nitrogens with one attached hydrogen (secondary N) is 1. The Morgan fingerprint density at radius 3 is 2.18 bits per heavy atom. The maximum Gasteiger partial charge on any atom is 0.435 e. The summed E-state index contributed by atoms with van der Waals surface area (Å²) in [5.41, 5.74) is 0.525. The van der Waals surface area contributed by atoms with Gasteiger partial charge in [-0.2, -0.15) is 23.5 Å². The molecule has 10 heteroatoms. The number of aromatic nitrogens is 2. The predicted molar refractivity (Wildman–Crippen MR) is 97.2 cm³/mol. The van der Waals surface area contributed by atoms with E-state index in [0.29, 0.717) is 16.8 Å². The van der Waals surface area contributed by atoms with E-state index in [0.717, 1.165) is 17.0 Å². The smallest absolute Gasteiger partial charge is 0.284 e. The second-order valence-electron chi connectivity index (χ2n) is 5.93. The molecule has 1 heterocycles. The van der Waals surface area contributed by atoms with Crippen molar-refractivity contribution in [3.63, 3.8) is 0 Å². The van der Waals surface area contributed by atoms with Crippen molar-refractivity contribution in [1.29, 1.82) is 5.26 Å². The van der Waals surface area contributed by atoms with Gasteiger partial charge in [0, 0.05) is 11.3 Å². The van der Waals surface area contributed by atoms with Crippen LogP contribution in [0.2, 0.25) is 0 Å². The van der Waals surface area contributed by atoms with Gasteiger partial charge in [-0.05, 0) is 42.5 Å². The summed E-state index contributed by atoms with van der Waals surface area (Å²) in [6.07, 6.45) is -3.64. The van der Waals surface area contributed by atoms with Gasteiger partial charge in [0.2, 0.25) is 10.0 Å². The van der Waals surface area contributed by atoms with Crippen molar-refractivity contribution in [3.8, 4) is 23.0 Å². The molecule has 1 N–H and O–H groups in total. The van der Waals surface area contributed by atoms with Crippen molar-refractivity contribution in [2.45, 2.75) is 6.18 Å². The molecule has 0 aliphatic rings.